The molecule has 1 aliphatic carbocycles. The molecule has 3 rings (SSSR count). The van der Waals surface area contributed by atoms with Crippen molar-refractivity contribution in [2.24, 2.45) is 11.3 Å². The number of carboxylic acids is 1. The van der Waals surface area contributed by atoms with Gasteiger partial charge in [0.25, 0.3) is 0 Å². The molecule has 3 N–H and O–H groups in total. The zero-order chi connectivity index (χ0) is 26.0. The van der Waals surface area contributed by atoms with Gasteiger partial charge >= 0.3 is 18.2 Å². The summed E-state index contributed by atoms with van der Waals surface area (Å²) in [5.41, 5.74) is 2.85. The van der Waals surface area contributed by atoms with Crippen LogP contribution in [0.4, 0.5) is 18.0 Å². The predicted molar refractivity (Wildman–Crippen MR) is 122 cm³/mol. The second-order valence-electron chi connectivity index (χ2n) is 9.45. The Morgan fingerprint density at radius 1 is 0.971 bits per heavy atom. The summed E-state index contributed by atoms with van der Waals surface area (Å²) in [5.74, 6) is -5.93. The Morgan fingerprint density at radius 3 is 1.94 bits per heavy atom. The van der Waals surface area contributed by atoms with Gasteiger partial charge < -0.3 is 20.5 Å². The fourth-order valence-electron chi connectivity index (χ4n) is 4.08. The van der Waals surface area contributed by atoms with E-state index in [9.17, 15) is 32.7 Å². The van der Waals surface area contributed by atoms with Gasteiger partial charge in [-0.15, -0.1) is 0 Å². The molecule has 10 heteroatoms. The maximum absolute atomic E-state index is 13.5. The molecule has 0 spiro atoms. The van der Waals surface area contributed by atoms with Gasteiger partial charge in [-0.2, -0.15) is 13.2 Å². The lowest BCUT2D eigenvalue weighted by Gasteiger charge is -2.30. The molecule has 0 aromatic heterocycles. The molecule has 2 aromatic carbocycles. The standard InChI is InChI=1S/C25H27F3N2O5/c1-24(2,3)20(22(32)33)30-21(31)19(25(26,27)28)12-29-23(34)35-13-18-16-10-6-4-8-14(16)15-9-5-7-11-17(15)18/h4-11,18-20H,12-13H2,1-3H3,(H,29,34)(H,30,31)(H,32,33). The number of alkyl halides is 3. The molecule has 0 fully saturated rings. The van der Waals surface area contributed by atoms with E-state index in [-0.39, 0.29) is 12.5 Å². The summed E-state index contributed by atoms with van der Waals surface area (Å²) < 4.78 is 45.8. The molecule has 2 amide bonds. The fourth-order valence-corrected chi connectivity index (χ4v) is 4.08. The van der Waals surface area contributed by atoms with Gasteiger partial charge in [0.1, 0.15) is 12.6 Å². The van der Waals surface area contributed by atoms with E-state index in [1.54, 1.807) is 0 Å². The van der Waals surface area contributed by atoms with Gasteiger partial charge in [0.15, 0.2) is 5.92 Å². The minimum absolute atomic E-state index is 0.103. The third-order valence-electron chi connectivity index (χ3n) is 5.91. The highest BCUT2D eigenvalue weighted by Gasteiger charge is 2.47. The van der Waals surface area contributed by atoms with Crippen LogP contribution in [0.2, 0.25) is 0 Å². The van der Waals surface area contributed by atoms with Crippen molar-refractivity contribution < 1.29 is 37.4 Å². The van der Waals surface area contributed by atoms with Crippen molar-refractivity contribution in [2.45, 2.75) is 38.9 Å². The van der Waals surface area contributed by atoms with E-state index in [1.165, 1.54) is 20.8 Å². The van der Waals surface area contributed by atoms with Gasteiger partial charge in [0.05, 0.1) is 0 Å². The zero-order valence-electron chi connectivity index (χ0n) is 19.5. The van der Waals surface area contributed by atoms with E-state index in [2.05, 4.69) is 0 Å². The number of fused-ring (bicyclic) bond motifs is 3. The summed E-state index contributed by atoms with van der Waals surface area (Å²) in [6.07, 6.45) is -6.12. The van der Waals surface area contributed by atoms with E-state index in [0.717, 1.165) is 22.3 Å². The van der Waals surface area contributed by atoms with Gasteiger partial charge in [-0.25, -0.2) is 9.59 Å². The molecule has 2 unspecified atom stereocenters. The quantitative estimate of drug-likeness (QED) is 0.534. The Kier molecular flexibility index (Phi) is 7.42. The molecule has 0 heterocycles. The topological polar surface area (TPSA) is 105 Å². The lowest BCUT2D eigenvalue weighted by molar-refractivity contribution is -0.183. The molecule has 0 radical (unpaired) electrons. The number of carbonyl (C=O) groups is 3. The number of carbonyl (C=O) groups excluding carboxylic acids is 2. The minimum Gasteiger partial charge on any atom is -0.480 e. The van der Waals surface area contributed by atoms with Gasteiger partial charge in [-0.05, 0) is 27.7 Å². The third kappa shape index (κ3) is 5.93. The number of rotatable bonds is 7. The van der Waals surface area contributed by atoms with Crippen molar-refractivity contribution >= 4 is 18.0 Å². The second-order valence-corrected chi connectivity index (χ2v) is 9.45. The number of hydrogen-bond acceptors (Lipinski definition) is 4. The summed E-state index contributed by atoms with van der Waals surface area (Å²) in [7, 11) is 0. The SMILES string of the molecule is CC(C)(C)C(NC(=O)C(CNC(=O)OCC1c2ccccc2-c2ccccc21)C(F)(F)F)C(=O)O. The maximum atomic E-state index is 13.5. The minimum atomic E-state index is -5.01. The molecule has 1 aliphatic rings. The molecular weight excluding hydrogens is 465 g/mol. The largest absolute Gasteiger partial charge is 0.480 e. The molecule has 0 aliphatic heterocycles. The zero-order valence-corrected chi connectivity index (χ0v) is 19.5. The number of hydrogen-bond donors (Lipinski definition) is 3. The Hall–Kier alpha value is -3.56. The van der Waals surface area contributed by atoms with Crippen LogP contribution >= 0.6 is 0 Å². The van der Waals surface area contributed by atoms with Crippen LogP contribution < -0.4 is 10.6 Å². The Morgan fingerprint density at radius 2 is 1.49 bits per heavy atom. The maximum Gasteiger partial charge on any atom is 0.407 e. The monoisotopic (exact) mass is 492 g/mol. The summed E-state index contributed by atoms with van der Waals surface area (Å²) >= 11 is 0. The highest BCUT2D eigenvalue weighted by Crippen LogP contribution is 2.44. The first-order valence-electron chi connectivity index (χ1n) is 11.0. The lowest BCUT2D eigenvalue weighted by atomic mass is 9.86. The van der Waals surface area contributed by atoms with Crippen LogP contribution in [0.15, 0.2) is 48.5 Å². The number of ether oxygens (including phenoxy) is 1. The number of carboxylic acid groups (broad SMARTS) is 1. The Balaban J connectivity index is 1.64. The molecule has 7 nitrogen and oxygen atoms in total. The summed E-state index contributed by atoms with van der Waals surface area (Å²) in [5, 5.41) is 13.2. The highest BCUT2D eigenvalue weighted by molar-refractivity contribution is 5.86. The van der Waals surface area contributed by atoms with Crippen LogP contribution in [-0.2, 0) is 14.3 Å². The molecule has 0 bridgehead atoms. The number of halogens is 3. The number of nitrogens with one attached hydrogen (secondary N) is 2. The Labute approximate surface area is 200 Å². The van der Waals surface area contributed by atoms with E-state index in [0.29, 0.717) is 0 Å². The van der Waals surface area contributed by atoms with Gasteiger partial charge in [0.2, 0.25) is 5.91 Å². The van der Waals surface area contributed by atoms with E-state index in [4.69, 9.17) is 4.74 Å². The van der Waals surface area contributed by atoms with Crippen molar-refractivity contribution in [2.75, 3.05) is 13.2 Å². The smallest absolute Gasteiger partial charge is 0.407 e. The van der Waals surface area contributed by atoms with E-state index < -0.39 is 48.1 Å². The van der Waals surface area contributed by atoms with Crippen molar-refractivity contribution in [3.63, 3.8) is 0 Å². The van der Waals surface area contributed by atoms with Crippen LogP contribution in [0.5, 0.6) is 0 Å². The molecule has 2 aromatic rings. The molecule has 2 atom stereocenters. The van der Waals surface area contributed by atoms with E-state index >= 15 is 0 Å². The van der Waals surface area contributed by atoms with Gasteiger partial charge in [-0.3, -0.25) is 4.79 Å². The van der Waals surface area contributed by atoms with E-state index in [1.807, 2.05) is 59.2 Å². The highest BCUT2D eigenvalue weighted by atomic mass is 19.4. The fraction of sp³-hybridized carbons (Fsp3) is 0.400. The average molecular weight is 492 g/mol. The van der Waals surface area contributed by atoms with Crippen LogP contribution in [0.3, 0.4) is 0 Å². The summed E-state index contributed by atoms with van der Waals surface area (Å²) in [6.45, 7) is 3.23. The van der Waals surface area contributed by atoms with Crippen LogP contribution in [0.1, 0.15) is 37.8 Å². The summed E-state index contributed by atoms with van der Waals surface area (Å²) in [6, 6.07) is 13.6. The third-order valence-corrected chi connectivity index (χ3v) is 5.91. The normalized spacial score (nSPS) is 14.9. The van der Waals surface area contributed by atoms with Gasteiger partial charge in [0, 0.05) is 12.5 Å². The molecular formula is C25H27F3N2O5. The van der Waals surface area contributed by atoms with Crippen LogP contribution in [0.25, 0.3) is 11.1 Å². The first-order valence-corrected chi connectivity index (χ1v) is 11.0. The number of benzene rings is 2. The molecule has 35 heavy (non-hydrogen) atoms. The first-order chi connectivity index (χ1) is 16.3. The second kappa shape index (κ2) is 9.97. The number of aliphatic carboxylic acids is 1. The van der Waals surface area contributed by atoms with Crippen molar-refractivity contribution in [3.05, 3.63) is 59.7 Å². The first kappa shape index (κ1) is 26.1. The molecule has 0 saturated heterocycles. The van der Waals surface area contributed by atoms with Crippen LogP contribution in [0, 0.1) is 11.3 Å². The average Bonchev–Trinajstić information content (AvgIpc) is 3.08. The number of amides is 2. The lowest BCUT2D eigenvalue weighted by Crippen LogP contribution is -2.54. The predicted octanol–water partition coefficient (Wildman–Crippen LogP) is 4.32. The van der Waals surface area contributed by atoms with Crippen molar-refractivity contribution in [1.29, 1.82) is 0 Å². The van der Waals surface area contributed by atoms with Crippen molar-refractivity contribution in [1.82, 2.24) is 10.6 Å². The van der Waals surface area contributed by atoms with Gasteiger partial charge in [-0.1, -0.05) is 69.3 Å². The molecule has 0 saturated carbocycles. The molecule has 188 valence electrons. The van der Waals surface area contributed by atoms with Crippen LogP contribution in [-0.4, -0.2) is 48.4 Å². The summed E-state index contributed by atoms with van der Waals surface area (Å²) in [4.78, 5) is 36.0. The number of alkyl carbamates (subject to hydrolysis) is 1. The van der Waals surface area contributed by atoms with Crippen molar-refractivity contribution in [3.8, 4) is 11.1 Å². The Bertz CT molecular complexity index is 1070.